The van der Waals surface area contributed by atoms with Gasteiger partial charge in [-0.25, -0.2) is 0 Å². The third-order valence-corrected chi connectivity index (χ3v) is 6.30. The fourth-order valence-electron chi connectivity index (χ4n) is 4.36. The van der Waals surface area contributed by atoms with Crippen LogP contribution in [0.5, 0.6) is 11.5 Å². The maximum absolute atomic E-state index is 13.7. The van der Waals surface area contributed by atoms with E-state index in [1.54, 1.807) is 24.1 Å². The summed E-state index contributed by atoms with van der Waals surface area (Å²) in [5.41, 5.74) is 4.88. The van der Waals surface area contributed by atoms with E-state index >= 15 is 0 Å². The van der Waals surface area contributed by atoms with Gasteiger partial charge in [-0.3, -0.25) is 19.8 Å². The molecule has 0 saturated heterocycles. The standard InChI is InChI=1S/C29H25N3O5/c1-19-7-10-22(11-8-19)31-28(30-26-6-4-3-5-25(26)29(31)33)20-9-16-27(36-2)21(17-20)18-37-24-14-12-23(13-15-24)32(34)35/h3-17,28,30H,18H2,1-2H3. The first kappa shape index (κ1) is 23.9. The van der Waals surface area contributed by atoms with Crippen LogP contribution in [0.2, 0.25) is 0 Å². The highest BCUT2D eigenvalue weighted by Crippen LogP contribution is 2.38. The summed E-state index contributed by atoms with van der Waals surface area (Å²) >= 11 is 0. The first-order valence-corrected chi connectivity index (χ1v) is 11.7. The zero-order valence-electron chi connectivity index (χ0n) is 20.4. The lowest BCUT2D eigenvalue weighted by Crippen LogP contribution is -2.43. The van der Waals surface area contributed by atoms with Gasteiger partial charge in [0, 0.05) is 29.1 Å². The number of benzene rings is 4. The van der Waals surface area contributed by atoms with Crippen LogP contribution in [0.25, 0.3) is 0 Å². The van der Waals surface area contributed by atoms with Crippen molar-refractivity contribution in [1.82, 2.24) is 0 Å². The average molecular weight is 496 g/mol. The van der Waals surface area contributed by atoms with E-state index in [4.69, 9.17) is 9.47 Å². The van der Waals surface area contributed by atoms with Crippen LogP contribution >= 0.6 is 0 Å². The molecule has 4 aromatic rings. The number of hydrogen-bond donors (Lipinski definition) is 1. The number of nitrogens with zero attached hydrogens (tertiary/aromatic N) is 2. The number of aryl methyl sites for hydroxylation is 1. The summed E-state index contributed by atoms with van der Waals surface area (Å²) in [5, 5.41) is 14.4. The van der Waals surface area contributed by atoms with Crippen molar-refractivity contribution >= 4 is 23.0 Å². The second-order valence-electron chi connectivity index (χ2n) is 8.71. The number of para-hydroxylation sites is 1. The molecule has 37 heavy (non-hydrogen) atoms. The number of hydrogen-bond acceptors (Lipinski definition) is 6. The highest BCUT2D eigenvalue weighted by atomic mass is 16.6. The Labute approximate surface area is 214 Å². The molecule has 1 aliphatic heterocycles. The largest absolute Gasteiger partial charge is 0.496 e. The van der Waals surface area contributed by atoms with E-state index in [9.17, 15) is 14.9 Å². The van der Waals surface area contributed by atoms with Crippen molar-refractivity contribution in [2.75, 3.05) is 17.3 Å². The molecule has 1 amide bonds. The summed E-state index contributed by atoms with van der Waals surface area (Å²) in [6.07, 6.45) is -0.464. The van der Waals surface area contributed by atoms with Crippen LogP contribution in [0.3, 0.4) is 0 Å². The fourth-order valence-corrected chi connectivity index (χ4v) is 4.36. The molecule has 186 valence electrons. The second kappa shape index (κ2) is 10.0. The van der Waals surface area contributed by atoms with Gasteiger partial charge in [-0.05, 0) is 61.0 Å². The zero-order valence-corrected chi connectivity index (χ0v) is 20.4. The Hall–Kier alpha value is -4.85. The number of amides is 1. The van der Waals surface area contributed by atoms with Crippen molar-refractivity contribution in [3.05, 3.63) is 123 Å². The molecule has 5 rings (SSSR count). The van der Waals surface area contributed by atoms with E-state index in [1.165, 1.54) is 12.1 Å². The topological polar surface area (TPSA) is 93.9 Å². The number of nitrogens with one attached hydrogen (secondary N) is 1. The maximum atomic E-state index is 13.7. The summed E-state index contributed by atoms with van der Waals surface area (Å²) in [7, 11) is 1.58. The van der Waals surface area contributed by atoms with Crippen LogP contribution < -0.4 is 19.7 Å². The molecule has 1 atom stereocenters. The minimum absolute atomic E-state index is 0.00329. The Morgan fingerprint density at radius 1 is 0.973 bits per heavy atom. The van der Waals surface area contributed by atoms with Gasteiger partial charge in [-0.15, -0.1) is 0 Å². The normalized spacial score (nSPS) is 14.5. The molecule has 8 heteroatoms. The highest BCUT2D eigenvalue weighted by Gasteiger charge is 2.34. The Kier molecular flexibility index (Phi) is 6.47. The van der Waals surface area contributed by atoms with Gasteiger partial charge in [0.2, 0.25) is 0 Å². The molecule has 0 radical (unpaired) electrons. The predicted octanol–water partition coefficient (Wildman–Crippen LogP) is 6.26. The van der Waals surface area contributed by atoms with Crippen molar-refractivity contribution in [2.45, 2.75) is 19.7 Å². The molecule has 0 bridgehead atoms. The van der Waals surface area contributed by atoms with E-state index in [2.05, 4.69) is 5.32 Å². The van der Waals surface area contributed by atoms with E-state index < -0.39 is 11.1 Å². The number of nitro groups is 1. The molecule has 0 fully saturated rings. The van der Waals surface area contributed by atoms with Gasteiger partial charge in [0.1, 0.15) is 24.3 Å². The number of fused-ring (bicyclic) bond motifs is 1. The van der Waals surface area contributed by atoms with E-state index in [1.807, 2.05) is 73.7 Å². The molecule has 0 saturated carbocycles. The molecule has 8 nitrogen and oxygen atoms in total. The molecule has 1 unspecified atom stereocenters. The lowest BCUT2D eigenvalue weighted by Gasteiger charge is -2.38. The first-order valence-electron chi connectivity index (χ1n) is 11.7. The third-order valence-electron chi connectivity index (χ3n) is 6.30. The van der Waals surface area contributed by atoms with Gasteiger partial charge in [0.05, 0.1) is 17.6 Å². The number of nitro benzene ring substituents is 1. The SMILES string of the molecule is COc1ccc(C2Nc3ccccc3C(=O)N2c2ccc(C)cc2)cc1COc1ccc([N+](=O)[O-])cc1. The maximum Gasteiger partial charge on any atom is 0.269 e. The Bertz CT molecular complexity index is 1450. The van der Waals surface area contributed by atoms with Crippen molar-refractivity contribution in [3.63, 3.8) is 0 Å². The molecule has 4 aromatic carbocycles. The van der Waals surface area contributed by atoms with E-state index in [0.717, 1.165) is 28.1 Å². The van der Waals surface area contributed by atoms with Gasteiger partial charge in [-0.1, -0.05) is 35.9 Å². The minimum atomic E-state index is -0.464. The number of anilines is 2. The van der Waals surface area contributed by atoms with Gasteiger partial charge in [0.15, 0.2) is 0 Å². The van der Waals surface area contributed by atoms with E-state index in [-0.39, 0.29) is 18.2 Å². The van der Waals surface area contributed by atoms with Crippen LogP contribution in [-0.2, 0) is 6.61 Å². The summed E-state index contributed by atoms with van der Waals surface area (Å²) in [6, 6.07) is 27.0. The molecule has 0 aliphatic carbocycles. The van der Waals surface area contributed by atoms with E-state index in [0.29, 0.717) is 17.1 Å². The number of ether oxygens (including phenoxy) is 2. The Morgan fingerprint density at radius 2 is 1.70 bits per heavy atom. The van der Waals surface area contributed by atoms with Crippen molar-refractivity contribution in [1.29, 1.82) is 0 Å². The smallest absolute Gasteiger partial charge is 0.269 e. The molecule has 1 N–H and O–H groups in total. The summed E-state index contributed by atoms with van der Waals surface area (Å²) < 4.78 is 11.5. The highest BCUT2D eigenvalue weighted by molar-refractivity contribution is 6.12. The second-order valence-corrected chi connectivity index (χ2v) is 8.71. The van der Waals surface area contributed by atoms with Gasteiger partial charge in [0.25, 0.3) is 11.6 Å². The molecule has 0 aromatic heterocycles. The van der Waals surface area contributed by atoms with Gasteiger partial charge < -0.3 is 14.8 Å². The monoisotopic (exact) mass is 495 g/mol. The summed E-state index contributed by atoms with van der Waals surface area (Å²) in [4.78, 5) is 25.9. The molecule has 0 spiro atoms. The summed E-state index contributed by atoms with van der Waals surface area (Å²) in [5.74, 6) is 1.04. The fraction of sp³-hybridized carbons (Fsp3) is 0.138. The number of carbonyl (C=O) groups is 1. The first-order chi connectivity index (χ1) is 17.9. The third kappa shape index (κ3) is 4.81. The molecule has 1 heterocycles. The van der Waals surface area contributed by atoms with Crippen LogP contribution in [0.1, 0.15) is 33.2 Å². The quantitative estimate of drug-likeness (QED) is 0.240. The predicted molar refractivity (Wildman–Crippen MR) is 141 cm³/mol. The number of methoxy groups -OCH3 is 1. The number of rotatable bonds is 7. The minimum Gasteiger partial charge on any atom is -0.496 e. The Morgan fingerprint density at radius 3 is 2.41 bits per heavy atom. The lowest BCUT2D eigenvalue weighted by molar-refractivity contribution is -0.384. The zero-order chi connectivity index (χ0) is 25.9. The van der Waals surface area contributed by atoms with Crippen LogP contribution in [0.15, 0.2) is 91.0 Å². The van der Waals surface area contributed by atoms with Crippen molar-refractivity contribution < 1.29 is 19.2 Å². The lowest BCUT2D eigenvalue weighted by atomic mass is 10.0. The van der Waals surface area contributed by atoms with Crippen LogP contribution in [-0.4, -0.2) is 17.9 Å². The molecule has 1 aliphatic rings. The van der Waals surface area contributed by atoms with Crippen LogP contribution in [0.4, 0.5) is 17.1 Å². The van der Waals surface area contributed by atoms with Gasteiger partial charge in [-0.2, -0.15) is 0 Å². The molecular formula is C29H25N3O5. The number of carbonyl (C=O) groups excluding carboxylic acids is 1. The van der Waals surface area contributed by atoms with Crippen molar-refractivity contribution in [3.8, 4) is 11.5 Å². The summed E-state index contributed by atoms with van der Waals surface area (Å²) in [6.45, 7) is 2.18. The average Bonchev–Trinajstić information content (AvgIpc) is 2.92. The van der Waals surface area contributed by atoms with Crippen LogP contribution in [0, 0.1) is 17.0 Å². The molecular weight excluding hydrogens is 470 g/mol. The number of non-ortho nitro benzene ring substituents is 1. The Balaban J connectivity index is 1.49. The van der Waals surface area contributed by atoms with Crippen molar-refractivity contribution in [2.24, 2.45) is 0 Å². The van der Waals surface area contributed by atoms with Gasteiger partial charge >= 0.3 is 0 Å².